The van der Waals surface area contributed by atoms with E-state index >= 15 is 0 Å². The molecule has 2 aromatic heterocycles. The van der Waals surface area contributed by atoms with Gasteiger partial charge in [-0.2, -0.15) is 5.26 Å². The van der Waals surface area contributed by atoms with Crippen molar-refractivity contribution in [2.45, 2.75) is 18.4 Å². The Morgan fingerprint density at radius 1 is 1.28 bits per heavy atom. The first kappa shape index (κ1) is 17.4. The number of rotatable bonds is 6. The van der Waals surface area contributed by atoms with Gasteiger partial charge in [-0.1, -0.05) is 29.5 Å². The standard InChI is InChI=1S/C18H16N4OS2/c1-13-3-5-14(6-4-13)22(9-2-8-19)16(23)11-25-18-15-7-10-24-17(15)20-12-21-18/h3-7,10,12H,2,9,11H2,1H3. The van der Waals surface area contributed by atoms with E-state index in [-0.39, 0.29) is 11.7 Å². The number of benzene rings is 1. The highest BCUT2D eigenvalue weighted by Crippen LogP contribution is 2.28. The molecule has 3 aromatic rings. The van der Waals surface area contributed by atoms with Gasteiger partial charge in [0.2, 0.25) is 5.91 Å². The van der Waals surface area contributed by atoms with Crippen molar-refractivity contribution < 1.29 is 4.79 Å². The molecule has 0 aliphatic heterocycles. The highest BCUT2D eigenvalue weighted by molar-refractivity contribution is 8.00. The van der Waals surface area contributed by atoms with Crippen molar-refractivity contribution in [1.82, 2.24) is 9.97 Å². The summed E-state index contributed by atoms with van der Waals surface area (Å²) in [4.78, 5) is 23.8. The van der Waals surface area contributed by atoms with E-state index in [4.69, 9.17) is 5.26 Å². The lowest BCUT2D eigenvalue weighted by Gasteiger charge is -2.21. The van der Waals surface area contributed by atoms with E-state index in [1.807, 2.05) is 42.6 Å². The van der Waals surface area contributed by atoms with Crippen LogP contribution in [0.2, 0.25) is 0 Å². The van der Waals surface area contributed by atoms with Crippen LogP contribution < -0.4 is 4.90 Å². The van der Waals surface area contributed by atoms with E-state index in [0.717, 1.165) is 26.5 Å². The molecule has 126 valence electrons. The largest absolute Gasteiger partial charge is 0.311 e. The van der Waals surface area contributed by atoms with E-state index in [9.17, 15) is 4.79 Å². The molecule has 25 heavy (non-hydrogen) atoms. The Labute approximate surface area is 154 Å². The molecule has 0 spiro atoms. The third-order valence-electron chi connectivity index (χ3n) is 3.65. The summed E-state index contributed by atoms with van der Waals surface area (Å²) < 4.78 is 0. The van der Waals surface area contributed by atoms with Gasteiger partial charge in [0.05, 0.1) is 18.2 Å². The Bertz CT molecular complexity index is 915. The molecule has 0 aliphatic carbocycles. The molecular formula is C18H16N4OS2. The van der Waals surface area contributed by atoms with E-state index in [1.54, 1.807) is 16.2 Å². The van der Waals surface area contributed by atoms with E-state index in [0.29, 0.717) is 13.0 Å². The number of nitrogens with zero attached hydrogens (tertiary/aromatic N) is 4. The minimum absolute atomic E-state index is 0.0360. The van der Waals surface area contributed by atoms with E-state index < -0.39 is 0 Å². The Kier molecular flexibility index (Phi) is 5.64. The quantitative estimate of drug-likeness (QED) is 0.485. The minimum Gasteiger partial charge on any atom is -0.311 e. The fourth-order valence-corrected chi connectivity index (χ4v) is 4.03. The number of fused-ring (bicyclic) bond motifs is 1. The zero-order valence-electron chi connectivity index (χ0n) is 13.7. The molecular weight excluding hydrogens is 352 g/mol. The van der Waals surface area contributed by atoms with Crippen LogP contribution in [-0.2, 0) is 4.79 Å². The van der Waals surface area contributed by atoms with E-state index in [2.05, 4.69) is 16.0 Å². The molecule has 3 rings (SSSR count). The zero-order chi connectivity index (χ0) is 17.6. The topological polar surface area (TPSA) is 69.9 Å². The molecule has 1 amide bonds. The summed E-state index contributed by atoms with van der Waals surface area (Å²) in [6.45, 7) is 2.39. The number of carbonyl (C=O) groups is 1. The fraction of sp³-hybridized carbons (Fsp3) is 0.222. The van der Waals surface area contributed by atoms with Crippen LogP contribution in [0.3, 0.4) is 0 Å². The van der Waals surface area contributed by atoms with Crippen LogP contribution in [0.25, 0.3) is 10.2 Å². The van der Waals surface area contributed by atoms with Gasteiger partial charge < -0.3 is 4.90 Å². The summed E-state index contributed by atoms with van der Waals surface area (Å²) >= 11 is 2.96. The smallest absolute Gasteiger partial charge is 0.237 e. The number of carbonyl (C=O) groups excluding carboxylic acids is 1. The first-order valence-electron chi connectivity index (χ1n) is 7.74. The van der Waals surface area contributed by atoms with Crippen molar-refractivity contribution >= 4 is 44.9 Å². The number of aromatic nitrogens is 2. The van der Waals surface area contributed by atoms with Crippen molar-refractivity contribution in [2.24, 2.45) is 0 Å². The Hall–Kier alpha value is -2.43. The average Bonchev–Trinajstić information content (AvgIpc) is 3.11. The van der Waals surface area contributed by atoms with Crippen LogP contribution in [0.5, 0.6) is 0 Å². The number of aryl methyl sites for hydroxylation is 1. The third-order valence-corrected chi connectivity index (χ3v) is 5.46. The van der Waals surface area contributed by atoms with Gasteiger partial charge in [-0.15, -0.1) is 11.3 Å². The van der Waals surface area contributed by atoms with Gasteiger partial charge in [0.15, 0.2) is 0 Å². The summed E-state index contributed by atoms with van der Waals surface area (Å²) in [5.41, 5.74) is 1.95. The maximum atomic E-state index is 12.7. The first-order valence-corrected chi connectivity index (χ1v) is 9.60. The number of nitriles is 1. The lowest BCUT2D eigenvalue weighted by atomic mass is 10.2. The van der Waals surface area contributed by atoms with Crippen LogP contribution in [0.15, 0.2) is 47.1 Å². The Morgan fingerprint density at radius 2 is 2.08 bits per heavy atom. The normalized spacial score (nSPS) is 10.6. The maximum absolute atomic E-state index is 12.7. The summed E-state index contributed by atoms with van der Waals surface area (Å²) in [6.07, 6.45) is 1.83. The molecule has 0 fully saturated rings. The maximum Gasteiger partial charge on any atom is 0.237 e. The van der Waals surface area contributed by atoms with Gasteiger partial charge in [0.1, 0.15) is 16.2 Å². The average molecular weight is 368 g/mol. The molecule has 5 nitrogen and oxygen atoms in total. The SMILES string of the molecule is Cc1ccc(N(CCC#N)C(=O)CSc2ncnc3sccc23)cc1. The number of thioether (sulfide) groups is 1. The predicted molar refractivity (Wildman–Crippen MR) is 102 cm³/mol. The monoisotopic (exact) mass is 368 g/mol. The van der Waals surface area contributed by atoms with Gasteiger partial charge in [-0.3, -0.25) is 4.79 Å². The number of hydrogen-bond donors (Lipinski definition) is 0. The van der Waals surface area contributed by atoms with Crippen LogP contribution in [0, 0.1) is 18.3 Å². The molecule has 0 saturated heterocycles. The van der Waals surface area contributed by atoms with Gasteiger partial charge in [-0.05, 0) is 30.5 Å². The molecule has 0 radical (unpaired) electrons. The molecule has 0 saturated carbocycles. The van der Waals surface area contributed by atoms with Crippen molar-refractivity contribution in [1.29, 1.82) is 5.26 Å². The lowest BCUT2D eigenvalue weighted by Crippen LogP contribution is -2.33. The molecule has 0 aliphatic rings. The highest BCUT2D eigenvalue weighted by atomic mass is 32.2. The van der Waals surface area contributed by atoms with Gasteiger partial charge >= 0.3 is 0 Å². The molecule has 7 heteroatoms. The van der Waals surface area contributed by atoms with Gasteiger partial charge in [0, 0.05) is 17.6 Å². The Balaban J connectivity index is 1.75. The van der Waals surface area contributed by atoms with E-state index in [1.165, 1.54) is 18.1 Å². The second-order valence-corrected chi connectivity index (χ2v) is 7.25. The van der Waals surface area contributed by atoms with Crippen LogP contribution in [0.4, 0.5) is 5.69 Å². The van der Waals surface area contributed by atoms with Gasteiger partial charge in [-0.25, -0.2) is 9.97 Å². The van der Waals surface area contributed by atoms with Gasteiger partial charge in [0.25, 0.3) is 0 Å². The Morgan fingerprint density at radius 3 is 2.84 bits per heavy atom. The number of thiophene rings is 1. The molecule has 2 heterocycles. The molecule has 0 bridgehead atoms. The second-order valence-electron chi connectivity index (χ2n) is 5.40. The molecule has 0 unspecified atom stereocenters. The third kappa shape index (κ3) is 4.16. The molecule has 0 atom stereocenters. The minimum atomic E-state index is -0.0360. The number of amides is 1. The van der Waals surface area contributed by atoms with Crippen molar-refractivity contribution in [2.75, 3.05) is 17.2 Å². The second kappa shape index (κ2) is 8.10. The predicted octanol–water partition coefficient (Wildman–Crippen LogP) is 4.04. The van der Waals surface area contributed by atoms with Crippen molar-refractivity contribution in [3.8, 4) is 6.07 Å². The first-order chi connectivity index (χ1) is 12.2. The fourth-order valence-electron chi connectivity index (χ4n) is 2.37. The lowest BCUT2D eigenvalue weighted by molar-refractivity contribution is -0.116. The summed E-state index contributed by atoms with van der Waals surface area (Å²) in [5.74, 6) is 0.229. The van der Waals surface area contributed by atoms with Crippen LogP contribution in [-0.4, -0.2) is 28.2 Å². The summed E-state index contributed by atoms with van der Waals surface area (Å²) in [7, 11) is 0. The molecule has 0 N–H and O–H groups in total. The van der Waals surface area contributed by atoms with Crippen LogP contribution >= 0.6 is 23.1 Å². The summed E-state index contributed by atoms with van der Waals surface area (Å²) in [6, 6.07) is 11.8. The van der Waals surface area contributed by atoms with Crippen molar-refractivity contribution in [3.63, 3.8) is 0 Å². The zero-order valence-corrected chi connectivity index (χ0v) is 15.3. The number of hydrogen-bond acceptors (Lipinski definition) is 6. The molecule has 1 aromatic carbocycles. The summed E-state index contributed by atoms with van der Waals surface area (Å²) in [5, 5.41) is 12.6. The highest BCUT2D eigenvalue weighted by Gasteiger charge is 2.17. The number of anilines is 1. The van der Waals surface area contributed by atoms with Crippen LogP contribution in [0.1, 0.15) is 12.0 Å². The van der Waals surface area contributed by atoms with Crippen molar-refractivity contribution in [3.05, 3.63) is 47.6 Å².